The van der Waals surface area contributed by atoms with Gasteiger partial charge in [0.1, 0.15) is 0 Å². The zero-order valence-electron chi connectivity index (χ0n) is 9.60. The van der Waals surface area contributed by atoms with Gasteiger partial charge in [0, 0.05) is 6.04 Å². The van der Waals surface area contributed by atoms with Crippen molar-refractivity contribution in [2.45, 2.75) is 62.8 Å². The highest BCUT2D eigenvalue weighted by Gasteiger charge is 2.28. The van der Waals surface area contributed by atoms with Crippen molar-refractivity contribution >= 4 is 8.07 Å². The van der Waals surface area contributed by atoms with Crippen molar-refractivity contribution in [2.75, 3.05) is 6.54 Å². The lowest BCUT2D eigenvalue weighted by molar-refractivity contribution is 0.593. The molecule has 4 N–H and O–H groups in total. The van der Waals surface area contributed by atoms with Gasteiger partial charge in [-0.05, 0) is 19.4 Å². The van der Waals surface area contributed by atoms with E-state index in [1.54, 1.807) is 12.1 Å². The van der Waals surface area contributed by atoms with Gasteiger partial charge >= 0.3 is 0 Å². The molecular weight excluding hydrogens is 188 g/mol. The topological polar surface area (TPSA) is 52.0 Å². The van der Waals surface area contributed by atoms with Crippen molar-refractivity contribution in [3.8, 4) is 0 Å². The second kappa shape index (κ2) is 5.88. The molecule has 0 radical (unpaired) electrons. The highest BCUT2D eigenvalue weighted by atomic mass is 28.3. The third-order valence-electron chi connectivity index (χ3n) is 3.72. The number of nitrogens with two attached hydrogens (primary N) is 2. The Balaban J connectivity index is 2.21. The largest absolute Gasteiger partial charge is 0.330 e. The fourth-order valence-electron chi connectivity index (χ4n) is 2.55. The zero-order chi connectivity index (χ0) is 10.4. The van der Waals surface area contributed by atoms with Crippen molar-refractivity contribution in [1.29, 1.82) is 0 Å². The standard InChI is InChI=1S/C11H26N2Si/c1-14(8-3-2-4-9-14)10-6-11(13)5-7-12/h11H,2-10,12-13H2,1H3. The summed E-state index contributed by atoms with van der Waals surface area (Å²) < 4.78 is 0. The molecule has 0 aromatic rings. The van der Waals surface area contributed by atoms with Gasteiger partial charge in [0.05, 0.1) is 8.07 Å². The van der Waals surface area contributed by atoms with Crippen LogP contribution in [0.5, 0.6) is 0 Å². The van der Waals surface area contributed by atoms with E-state index in [2.05, 4.69) is 6.55 Å². The van der Waals surface area contributed by atoms with Crippen molar-refractivity contribution in [3.63, 3.8) is 0 Å². The maximum absolute atomic E-state index is 6.00. The summed E-state index contributed by atoms with van der Waals surface area (Å²) in [5.74, 6) is 0. The van der Waals surface area contributed by atoms with Gasteiger partial charge in [0.15, 0.2) is 0 Å². The quantitative estimate of drug-likeness (QED) is 0.690. The first-order chi connectivity index (χ1) is 6.66. The molecule has 1 aliphatic rings. The lowest BCUT2D eigenvalue weighted by Crippen LogP contribution is -2.35. The predicted octanol–water partition coefficient (Wildman–Crippen LogP) is 2.32. The van der Waals surface area contributed by atoms with E-state index >= 15 is 0 Å². The minimum atomic E-state index is -0.849. The molecule has 1 unspecified atom stereocenters. The van der Waals surface area contributed by atoms with E-state index in [0.29, 0.717) is 6.04 Å². The number of rotatable bonds is 5. The first-order valence-electron chi connectivity index (χ1n) is 6.12. The molecule has 0 aliphatic carbocycles. The Hall–Kier alpha value is 0.137. The van der Waals surface area contributed by atoms with Crippen LogP contribution in [0.25, 0.3) is 0 Å². The monoisotopic (exact) mass is 214 g/mol. The molecule has 0 spiro atoms. The summed E-state index contributed by atoms with van der Waals surface area (Å²) in [5, 5.41) is 0. The Morgan fingerprint density at radius 2 is 1.79 bits per heavy atom. The normalized spacial score (nSPS) is 23.4. The molecule has 0 amide bonds. The van der Waals surface area contributed by atoms with Gasteiger partial charge in [-0.3, -0.25) is 0 Å². The Morgan fingerprint density at radius 3 is 2.36 bits per heavy atom. The molecule has 1 heterocycles. The SMILES string of the molecule is C[Si]1(CCC(N)CCN)CCCCC1. The summed E-state index contributed by atoms with van der Waals surface area (Å²) in [6.45, 7) is 3.32. The second-order valence-corrected chi connectivity index (χ2v) is 10.4. The first-order valence-corrected chi connectivity index (χ1v) is 9.24. The molecule has 0 saturated carbocycles. The average molecular weight is 214 g/mol. The van der Waals surface area contributed by atoms with E-state index in [4.69, 9.17) is 11.5 Å². The fourth-order valence-corrected chi connectivity index (χ4v) is 6.57. The molecule has 1 atom stereocenters. The minimum absolute atomic E-state index is 0.367. The summed E-state index contributed by atoms with van der Waals surface area (Å²) in [5.41, 5.74) is 11.5. The lowest BCUT2D eigenvalue weighted by atomic mass is 10.2. The summed E-state index contributed by atoms with van der Waals surface area (Å²) in [6, 6.07) is 4.89. The molecule has 0 aromatic carbocycles. The molecule has 1 aliphatic heterocycles. The van der Waals surface area contributed by atoms with Crippen LogP contribution in [0.15, 0.2) is 0 Å². The molecule has 0 bridgehead atoms. The van der Waals surface area contributed by atoms with Gasteiger partial charge in [-0.15, -0.1) is 0 Å². The smallest absolute Gasteiger partial charge is 0.0505 e. The maximum Gasteiger partial charge on any atom is 0.0505 e. The number of hydrogen-bond acceptors (Lipinski definition) is 2. The molecule has 14 heavy (non-hydrogen) atoms. The van der Waals surface area contributed by atoms with Crippen LogP contribution in [0.1, 0.15) is 32.1 Å². The summed E-state index contributed by atoms with van der Waals surface area (Å²) >= 11 is 0. The second-order valence-electron chi connectivity index (χ2n) is 5.25. The van der Waals surface area contributed by atoms with Crippen molar-refractivity contribution in [3.05, 3.63) is 0 Å². The van der Waals surface area contributed by atoms with E-state index in [1.807, 2.05) is 0 Å². The highest BCUT2D eigenvalue weighted by Crippen LogP contribution is 2.32. The van der Waals surface area contributed by atoms with Gasteiger partial charge in [-0.25, -0.2) is 0 Å². The molecule has 1 saturated heterocycles. The summed E-state index contributed by atoms with van der Waals surface area (Å²) in [7, 11) is -0.849. The van der Waals surface area contributed by atoms with E-state index in [-0.39, 0.29) is 0 Å². The summed E-state index contributed by atoms with van der Waals surface area (Å²) in [4.78, 5) is 0. The van der Waals surface area contributed by atoms with Gasteiger partial charge in [0.2, 0.25) is 0 Å². The van der Waals surface area contributed by atoms with Gasteiger partial charge in [-0.2, -0.15) is 0 Å². The van der Waals surface area contributed by atoms with Crippen molar-refractivity contribution in [2.24, 2.45) is 11.5 Å². The van der Waals surface area contributed by atoms with Crippen LogP contribution < -0.4 is 11.5 Å². The zero-order valence-corrected chi connectivity index (χ0v) is 10.6. The van der Waals surface area contributed by atoms with Crippen LogP contribution in [0.2, 0.25) is 24.7 Å². The van der Waals surface area contributed by atoms with Crippen LogP contribution >= 0.6 is 0 Å². The van der Waals surface area contributed by atoms with Crippen LogP contribution in [-0.2, 0) is 0 Å². The number of hydrogen-bond donors (Lipinski definition) is 2. The van der Waals surface area contributed by atoms with E-state index in [9.17, 15) is 0 Å². The highest BCUT2D eigenvalue weighted by molar-refractivity contribution is 6.78. The van der Waals surface area contributed by atoms with Crippen molar-refractivity contribution in [1.82, 2.24) is 0 Å². The molecule has 84 valence electrons. The first kappa shape index (κ1) is 12.2. The maximum atomic E-state index is 6.00. The Morgan fingerprint density at radius 1 is 1.14 bits per heavy atom. The van der Waals surface area contributed by atoms with Crippen LogP contribution in [0.4, 0.5) is 0 Å². The third kappa shape index (κ3) is 4.11. The Bertz CT molecular complexity index is 155. The predicted molar refractivity (Wildman–Crippen MR) is 66.2 cm³/mol. The fraction of sp³-hybridized carbons (Fsp3) is 1.00. The Kier molecular flexibility index (Phi) is 5.13. The molecule has 0 aromatic heterocycles. The third-order valence-corrected chi connectivity index (χ3v) is 8.33. The Labute approximate surface area is 89.4 Å². The van der Waals surface area contributed by atoms with Gasteiger partial charge in [-0.1, -0.05) is 43.9 Å². The molecule has 1 rings (SSSR count). The molecular formula is C11H26N2Si. The van der Waals surface area contributed by atoms with E-state index in [1.165, 1.54) is 31.7 Å². The van der Waals surface area contributed by atoms with Gasteiger partial charge < -0.3 is 11.5 Å². The molecule has 3 heteroatoms. The van der Waals surface area contributed by atoms with Gasteiger partial charge in [0.25, 0.3) is 0 Å². The van der Waals surface area contributed by atoms with Crippen LogP contribution in [-0.4, -0.2) is 20.7 Å². The average Bonchev–Trinajstić information content (AvgIpc) is 2.17. The molecule has 1 fully saturated rings. The molecule has 2 nitrogen and oxygen atoms in total. The van der Waals surface area contributed by atoms with Crippen molar-refractivity contribution < 1.29 is 0 Å². The lowest BCUT2D eigenvalue weighted by Gasteiger charge is -2.32. The van der Waals surface area contributed by atoms with E-state index < -0.39 is 8.07 Å². The summed E-state index contributed by atoms with van der Waals surface area (Å²) in [6.07, 6.45) is 6.66. The van der Waals surface area contributed by atoms with E-state index in [0.717, 1.165) is 13.0 Å². The van der Waals surface area contributed by atoms with Crippen LogP contribution in [0.3, 0.4) is 0 Å². The minimum Gasteiger partial charge on any atom is -0.330 e. The van der Waals surface area contributed by atoms with Crippen LogP contribution in [0, 0.1) is 0 Å².